The second-order valence-corrected chi connectivity index (χ2v) is 9.48. The van der Waals surface area contributed by atoms with Crippen molar-refractivity contribution in [3.05, 3.63) is 130 Å². The first-order chi connectivity index (χ1) is 18.5. The number of aryl methyl sites for hydroxylation is 1. The van der Waals surface area contributed by atoms with Crippen LogP contribution in [0.4, 0.5) is 5.69 Å². The Balaban J connectivity index is 1.35. The second-order valence-electron chi connectivity index (χ2n) is 9.05. The number of nitrogens with zero attached hydrogens (tertiary/aromatic N) is 3. The molecule has 0 spiro atoms. The predicted octanol–water partition coefficient (Wildman–Crippen LogP) is 6.78. The maximum Gasteiger partial charge on any atom is 0.271 e. The van der Waals surface area contributed by atoms with Crippen LogP contribution in [0.25, 0.3) is 0 Å². The highest BCUT2D eigenvalue weighted by molar-refractivity contribution is 6.30. The van der Waals surface area contributed by atoms with Crippen molar-refractivity contribution in [2.24, 2.45) is 10.2 Å². The predicted molar refractivity (Wildman–Crippen MR) is 154 cm³/mol. The van der Waals surface area contributed by atoms with E-state index >= 15 is 0 Å². The molecule has 0 aliphatic carbocycles. The molecular weight excluding hydrogens is 496 g/mol. The monoisotopic (exact) mass is 522 g/mol. The number of hydrogen-bond acceptors (Lipinski definition) is 5. The Labute approximate surface area is 227 Å². The van der Waals surface area contributed by atoms with Gasteiger partial charge in [-0.05, 0) is 72.1 Å². The lowest BCUT2D eigenvalue weighted by molar-refractivity contribution is 0.0955. The molecule has 1 atom stereocenters. The number of carbonyl (C=O) groups is 1. The Morgan fingerprint density at radius 1 is 0.974 bits per heavy atom. The lowest BCUT2D eigenvalue weighted by atomic mass is 9.98. The summed E-state index contributed by atoms with van der Waals surface area (Å²) in [7, 11) is 1.66. The van der Waals surface area contributed by atoms with E-state index in [0.29, 0.717) is 10.6 Å². The number of carbonyl (C=O) groups excluding carboxylic acids is 1. The molecule has 0 saturated carbocycles. The molecule has 1 amide bonds. The van der Waals surface area contributed by atoms with Crippen LogP contribution in [0.2, 0.25) is 5.02 Å². The van der Waals surface area contributed by atoms with Crippen LogP contribution in [-0.2, 0) is 0 Å². The summed E-state index contributed by atoms with van der Waals surface area (Å²) in [6, 6.07) is 31.2. The quantitative estimate of drug-likeness (QED) is 0.215. The summed E-state index contributed by atoms with van der Waals surface area (Å²) in [5, 5.41) is 11.9. The molecule has 1 aliphatic heterocycles. The van der Waals surface area contributed by atoms with Gasteiger partial charge in [0.2, 0.25) is 0 Å². The van der Waals surface area contributed by atoms with Crippen molar-refractivity contribution in [2.75, 3.05) is 12.1 Å². The molecule has 4 aromatic rings. The van der Waals surface area contributed by atoms with Crippen molar-refractivity contribution < 1.29 is 9.53 Å². The standard InChI is InChI=1S/C31H27ClN4O2/c1-21-3-7-25(8-4-21)31(37)34-33-20-22-5-15-27(16-6-22)36-30(24-11-17-28(38-2)18-12-24)19-29(35-36)23-9-13-26(32)14-10-23/h3-18,20,30H,19H2,1-2H3,(H,34,37). The first kappa shape index (κ1) is 25.2. The number of hydrogen-bond donors (Lipinski definition) is 1. The summed E-state index contributed by atoms with van der Waals surface area (Å²) in [5.41, 5.74) is 9.24. The number of hydrazone groups is 2. The van der Waals surface area contributed by atoms with Crippen LogP contribution >= 0.6 is 11.6 Å². The highest BCUT2D eigenvalue weighted by Gasteiger charge is 2.30. The van der Waals surface area contributed by atoms with Gasteiger partial charge in [-0.3, -0.25) is 9.80 Å². The number of benzene rings is 4. The number of anilines is 1. The lowest BCUT2D eigenvalue weighted by Gasteiger charge is -2.24. The number of amides is 1. The molecule has 0 fully saturated rings. The van der Waals surface area contributed by atoms with E-state index in [1.807, 2.05) is 84.7 Å². The molecule has 4 aromatic carbocycles. The average molecular weight is 523 g/mol. The maximum atomic E-state index is 12.3. The van der Waals surface area contributed by atoms with Gasteiger partial charge < -0.3 is 4.74 Å². The minimum Gasteiger partial charge on any atom is -0.497 e. The Bertz CT molecular complexity index is 1460. The molecule has 1 aliphatic rings. The molecule has 7 heteroatoms. The van der Waals surface area contributed by atoms with Crippen molar-refractivity contribution >= 4 is 35.1 Å². The molecule has 1 N–H and O–H groups in total. The number of nitrogens with one attached hydrogen (secondary N) is 1. The van der Waals surface area contributed by atoms with Crippen molar-refractivity contribution in [1.82, 2.24) is 5.43 Å². The molecule has 0 radical (unpaired) electrons. The summed E-state index contributed by atoms with van der Waals surface area (Å²) in [5.74, 6) is 0.566. The summed E-state index contributed by atoms with van der Waals surface area (Å²) in [6.07, 6.45) is 2.38. The molecule has 6 nitrogen and oxygen atoms in total. The summed E-state index contributed by atoms with van der Waals surface area (Å²) < 4.78 is 5.34. The molecule has 1 heterocycles. The van der Waals surface area contributed by atoms with E-state index in [4.69, 9.17) is 21.4 Å². The van der Waals surface area contributed by atoms with E-state index in [1.165, 1.54) is 0 Å². The third-order valence-corrected chi connectivity index (χ3v) is 6.69. The Hall–Kier alpha value is -4.42. The van der Waals surface area contributed by atoms with Gasteiger partial charge in [-0.2, -0.15) is 10.2 Å². The Kier molecular flexibility index (Phi) is 7.52. The number of ether oxygens (including phenoxy) is 1. The zero-order chi connectivity index (χ0) is 26.5. The fourth-order valence-electron chi connectivity index (χ4n) is 4.30. The van der Waals surface area contributed by atoms with Gasteiger partial charge in [-0.15, -0.1) is 0 Å². The topological polar surface area (TPSA) is 66.3 Å². The van der Waals surface area contributed by atoms with Crippen LogP contribution < -0.4 is 15.2 Å². The van der Waals surface area contributed by atoms with Gasteiger partial charge in [0.25, 0.3) is 5.91 Å². The first-order valence-electron chi connectivity index (χ1n) is 12.3. The lowest BCUT2D eigenvalue weighted by Crippen LogP contribution is -2.18. The van der Waals surface area contributed by atoms with Crippen LogP contribution in [0, 0.1) is 6.92 Å². The van der Waals surface area contributed by atoms with Gasteiger partial charge in [0.05, 0.1) is 30.8 Å². The normalized spacial score (nSPS) is 15.0. The highest BCUT2D eigenvalue weighted by Crippen LogP contribution is 2.37. The molecule has 5 rings (SSSR count). The van der Waals surface area contributed by atoms with Crippen LogP contribution in [0.3, 0.4) is 0 Å². The van der Waals surface area contributed by atoms with Crippen molar-refractivity contribution in [2.45, 2.75) is 19.4 Å². The molecule has 190 valence electrons. The van der Waals surface area contributed by atoms with Gasteiger partial charge in [0, 0.05) is 17.0 Å². The van der Waals surface area contributed by atoms with Crippen LogP contribution in [0.15, 0.2) is 107 Å². The molecular formula is C31H27ClN4O2. The van der Waals surface area contributed by atoms with Gasteiger partial charge >= 0.3 is 0 Å². The second kappa shape index (κ2) is 11.3. The largest absolute Gasteiger partial charge is 0.497 e. The smallest absolute Gasteiger partial charge is 0.271 e. The molecule has 0 saturated heterocycles. The van der Waals surface area contributed by atoms with E-state index in [0.717, 1.165) is 45.8 Å². The summed E-state index contributed by atoms with van der Waals surface area (Å²) in [4.78, 5) is 12.3. The Morgan fingerprint density at radius 3 is 2.32 bits per heavy atom. The fraction of sp³-hybridized carbons (Fsp3) is 0.129. The third kappa shape index (κ3) is 5.76. The minimum atomic E-state index is -0.249. The molecule has 1 unspecified atom stereocenters. The fourth-order valence-corrected chi connectivity index (χ4v) is 4.42. The van der Waals surface area contributed by atoms with E-state index in [-0.39, 0.29) is 11.9 Å². The van der Waals surface area contributed by atoms with Crippen LogP contribution in [-0.4, -0.2) is 24.9 Å². The van der Waals surface area contributed by atoms with E-state index < -0.39 is 0 Å². The number of halogens is 1. The molecule has 0 aromatic heterocycles. The number of methoxy groups -OCH3 is 1. The molecule has 38 heavy (non-hydrogen) atoms. The van der Waals surface area contributed by atoms with Crippen LogP contribution in [0.1, 0.15) is 45.1 Å². The third-order valence-electron chi connectivity index (χ3n) is 6.44. The molecule has 0 bridgehead atoms. The van der Waals surface area contributed by atoms with E-state index in [1.54, 1.807) is 25.5 Å². The van der Waals surface area contributed by atoms with Crippen molar-refractivity contribution in [3.63, 3.8) is 0 Å². The Morgan fingerprint density at radius 2 is 1.66 bits per heavy atom. The van der Waals surface area contributed by atoms with Crippen molar-refractivity contribution in [3.8, 4) is 5.75 Å². The highest BCUT2D eigenvalue weighted by atomic mass is 35.5. The number of rotatable bonds is 7. The SMILES string of the molecule is COc1ccc(C2CC(c3ccc(Cl)cc3)=NN2c2ccc(C=NNC(=O)c3ccc(C)cc3)cc2)cc1. The first-order valence-corrected chi connectivity index (χ1v) is 12.6. The van der Waals surface area contributed by atoms with E-state index in [2.05, 4.69) is 22.7 Å². The van der Waals surface area contributed by atoms with Gasteiger partial charge in [-0.25, -0.2) is 5.43 Å². The minimum absolute atomic E-state index is 0.0277. The zero-order valence-corrected chi connectivity index (χ0v) is 21.9. The van der Waals surface area contributed by atoms with Crippen molar-refractivity contribution in [1.29, 1.82) is 0 Å². The summed E-state index contributed by atoms with van der Waals surface area (Å²) in [6.45, 7) is 1.98. The van der Waals surface area contributed by atoms with Gasteiger partial charge in [0.1, 0.15) is 5.75 Å². The van der Waals surface area contributed by atoms with Crippen LogP contribution in [0.5, 0.6) is 5.75 Å². The van der Waals surface area contributed by atoms with Gasteiger partial charge in [-0.1, -0.05) is 65.7 Å². The summed E-state index contributed by atoms with van der Waals surface area (Å²) >= 11 is 6.11. The van der Waals surface area contributed by atoms with Gasteiger partial charge in [0.15, 0.2) is 0 Å². The zero-order valence-electron chi connectivity index (χ0n) is 21.1. The average Bonchev–Trinajstić information content (AvgIpc) is 3.40. The maximum absolute atomic E-state index is 12.3. The van der Waals surface area contributed by atoms with E-state index in [9.17, 15) is 4.79 Å².